The molecule has 0 radical (unpaired) electrons. The molecule has 0 saturated carbocycles. The summed E-state index contributed by atoms with van der Waals surface area (Å²) in [5, 5.41) is 8.53. The number of carboxylic acid groups (broad SMARTS) is 1. The Morgan fingerprint density at radius 3 is 2.38 bits per heavy atom. The maximum absolute atomic E-state index is 13.4. The van der Waals surface area contributed by atoms with Gasteiger partial charge in [-0.1, -0.05) is 0 Å². The van der Waals surface area contributed by atoms with Crippen LogP contribution < -0.4 is 10.5 Å². The van der Waals surface area contributed by atoms with E-state index in [1.54, 1.807) is 0 Å². The van der Waals surface area contributed by atoms with Crippen molar-refractivity contribution >= 4 is 5.97 Å². The van der Waals surface area contributed by atoms with Crippen LogP contribution in [0.15, 0.2) is 12.1 Å². The lowest BCUT2D eigenvalue weighted by atomic mass is 10.1. The predicted molar refractivity (Wildman–Crippen MR) is 52.2 cm³/mol. The number of carboxylic acids is 1. The van der Waals surface area contributed by atoms with E-state index < -0.39 is 30.1 Å². The third-order valence-corrected chi connectivity index (χ3v) is 2.09. The zero-order chi connectivity index (χ0) is 12.3. The molecule has 0 aromatic heterocycles. The van der Waals surface area contributed by atoms with Crippen molar-refractivity contribution in [3.63, 3.8) is 0 Å². The van der Waals surface area contributed by atoms with E-state index in [0.29, 0.717) is 0 Å². The van der Waals surface area contributed by atoms with Crippen LogP contribution in [0, 0.1) is 11.6 Å². The van der Waals surface area contributed by atoms with E-state index in [-0.39, 0.29) is 11.3 Å². The summed E-state index contributed by atoms with van der Waals surface area (Å²) in [6, 6.07) is 0.623. The van der Waals surface area contributed by atoms with Gasteiger partial charge in [0.2, 0.25) is 0 Å². The molecule has 4 nitrogen and oxygen atoms in total. The highest BCUT2D eigenvalue weighted by molar-refractivity contribution is 5.73. The molecule has 6 heteroatoms. The van der Waals surface area contributed by atoms with Gasteiger partial charge in [-0.25, -0.2) is 8.78 Å². The summed E-state index contributed by atoms with van der Waals surface area (Å²) in [7, 11) is 1.27. The molecule has 0 bridgehead atoms. The molecule has 0 heterocycles. The van der Waals surface area contributed by atoms with Gasteiger partial charge in [0.1, 0.15) is 23.4 Å². The number of hydrogen-bond donors (Lipinski definition) is 2. The Bertz CT molecular complexity index is 386. The quantitative estimate of drug-likeness (QED) is 0.808. The second-order valence-electron chi connectivity index (χ2n) is 3.22. The number of hydrogen-bond acceptors (Lipinski definition) is 3. The molecule has 88 valence electrons. The third kappa shape index (κ3) is 2.66. The first kappa shape index (κ1) is 12.4. The smallest absolute Gasteiger partial charge is 0.320 e. The average Bonchev–Trinajstić information content (AvgIpc) is 2.22. The first-order valence-electron chi connectivity index (χ1n) is 4.46. The Morgan fingerprint density at radius 1 is 1.50 bits per heavy atom. The van der Waals surface area contributed by atoms with Gasteiger partial charge in [-0.3, -0.25) is 4.79 Å². The summed E-state index contributed by atoms with van der Waals surface area (Å²) in [4.78, 5) is 10.5. The zero-order valence-electron chi connectivity index (χ0n) is 8.54. The molecule has 0 amide bonds. The zero-order valence-corrected chi connectivity index (χ0v) is 8.54. The number of ether oxygens (including phenoxy) is 1. The van der Waals surface area contributed by atoms with Crippen LogP contribution in [0.4, 0.5) is 8.78 Å². The Balaban J connectivity index is 3.01. The molecular weight excluding hydrogens is 220 g/mol. The molecule has 0 aliphatic heterocycles. The van der Waals surface area contributed by atoms with E-state index in [1.807, 2.05) is 0 Å². The first-order valence-corrected chi connectivity index (χ1v) is 4.46. The average molecular weight is 231 g/mol. The molecule has 1 aromatic rings. The van der Waals surface area contributed by atoms with Crippen LogP contribution in [0.5, 0.6) is 5.75 Å². The fraction of sp³-hybridized carbons (Fsp3) is 0.300. The van der Waals surface area contributed by atoms with Crippen LogP contribution in [0.3, 0.4) is 0 Å². The van der Waals surface area contributed by atoms with Gasteiger partial charge in [0.05, 0.1) is 7.11 Å². The Kier molecular flexibility index (Phi) is 3.78. The number of halogens is 2. The number of benzene rings is 1. The summed E-state index contributed by atoms with van der Waals surface area (Å²) in [6.45, 7) is 0. The van der Waals surface area contributed by atoms with Crippen molar-refractivity contribution < 1.29 is 23.4 Å². The first-order chi connectivity index (χ1) is 7.45. The lowest BCUT2D eigenvalue weighted by Gasteiger charge is -2.10. The molecule has 1 rings (SSSR count). The molecule has 3 N–H and O–H groups in total. The molecule has 0 aliphatic carbocycles. The molecule has 16 heavy (non-hydrogen) atoms. The minimum atomic E-state index is -1.34. The highest BCUT2D eigenvalue weighted by Crippen LogP contribution is 2.21. The predicted octanol–water partition coefficient (Wildman–Crippen LogP) is 0.928. The van der Waals surface area contributed by atoms with Gasteiger partial charge in [0, 0.05) is 24.1 Å². The van der Waals surface area contributed by atoms with Crippen molar-refractivity contribution in [3.05, 3.63) is 29.3 Å². The lowest BCUT2D eigenvalue weighted by molar-refractivity contribution is -0.138. The van der Waals surface area contributed by atoms with Crippen molar-refractivity contribution in [1.82, 2.24) is 0 Å². The van der Waals surface area contributed by atoms with Crippen molar-refractivity contribution in [1.29, 1.82) is 0 Å². The molecular formula is C10H11F2NO3. The van der Waals surface area contributed by atoms with Crippen LogP contribution in [0.25, 0.3) is 0 Å². The van der Waals surface area contributed by atoms with Crippen LogP contribution in [-0.4, -0.2) is 24.2 Å². The number of aliphatic carboxylic acids is 1. The number of rotatable bonds is 4. The summed E-state index contributed by atoms with van der Waals surface area (Å²) >= 11 is 0. The van der Waals surface area contributed by atoms with Crippen molar-refractivity contribution in [2.24, 2.45) is 5.73 Å². The fourth-order valence-corrected chi connectivity index (χ4v) is 1.20. The molecule has 0 spiro atoms. The number of nitrogens with two attached hydrogens (primary N) is 1. The van der Waals surface area contributed by atoms with E-state index in [1.165, 1.54) is 7.11 Å². The Hall–Kier alpha value is -1.69. The maximum atomic E-state index is 13.4. The summed E-state index contributed by atoms with van der Waals surface area (Å²) in [5.74, 6) is -3.01. The Labute approximate surface area is 90.6 Å². The molecule has 0 fully saturated rings. The highest BCUT2D eigenvalue weighted by atomic mass is 19.1. The van der Waals surface area contributed by atoms with Gasteiger partial charge in [-0.2, -0.15) is 0 Å². The summed E-state index contributed by atoms with van der Waals surface area (Å²) in [5.41, 5.74) is 4.84. The normalized spacial score (nSPS) is 12.2. The monoisotopic (exact) mass is 231 g/mol. The SMILES string of the molecule is COc1cc(F)c(C[C@@H](N)C(=O)O)c(F)c1. The van der Waals surface area contributed by atoms with Gasteiger partial charge in [-0.05, 0) is 0 Å². The van der Waals surface area contributed by atoms with Gasteiger partial charge >= 0.3 is 5.97 Å². The molecule has 0 aliphatic rings. The number of methoxy groups -OCH3 is 1. The molecule has 1 aromatic carbocycles. The van der Waals surface area contributed by atoms with Crippen molar-refractivity contribution in [2.45, 2.75) is 12.5 Å². The Morgan fingerprint density at radius 2 is 2.00 bits per heavy atom. The van der Waals surface area contributed by atoms with E-state index in [9.17, 15) is 13.6 Å². The third-order valence-electron chi connectivity index (χ3n) is 2.09. The lowest BCUT2D eigenvalue weighted by Crippen LogP contribution is -2.32. The minimum Gasteiger partial charge on any atom is -0.497 e. The summed E-state index contributed by atoms with van der Waals surface area (Å²) in [6.07, 6.45) is -0.406. The maximum Gasteiger partial charge on any atom is 0.320 e. The molecule has 0 unspecified atom stereocenters. The molecule has 1 atom stereocenters. The minimum absolute atomic E-state index is 0.0302. The van der Waals surface area contributed by atoms with Crippen LogP contribution in [0.2, 0.25) is 0 Å². The summed E-state index contributed by atoms with van der Waals surface area (Å²) < 4.78 is 31.4. The van der Waals surface area contributed by atoms with E-state index >= 15 is 0 Å². The standard InChI is InChI=1S/C10H11F2NO3/c1-16-5-2-7(11)6(8(12)3-5)4-9(13)10(14)15/h2-3,9H,4,13H2,1H3,(H,14,15)/t9-/m1/s1. The topological polar surface area (TPSA) is 72.5 Å². The largest absolute Gasteiger partial charge is 0.497 e. The van der Waals surface area contributed by atoms with Gasteiger partial charge in [-0.15, -0.1) is 0 Å². The number of carbonyl (C=O) groups is 1. The fourth-order valence-electron chi connectivity index (χ4n) is 1.20. The van der Waals surface area contributed by atoms with Gasteiger partial charge in [0.25, 0.3) is 0 Å². The van der Waals surface area contributed by atoms with Gasteiger partial charge in [0.15, 0.2) is 0 Å². The van der Waals surface area contributed by atoms with Crippen LogP contribution in [-0.2, 0) is 11.2 Å². The van der Waals surface area contributed by atoms with Crippen LogP contribution >= 0.6 is 0 Å². The van der Waals surface area contributed by atoms with Crippen molar-refractivity contribution in [2.75, 3.05) is 7.11 Å². The highest BCUT2D eigenvalue weighted by Gasteiger charge is 2.19. The second kappa shape index (κ2) is 4.89. The van der Waals surface area contributed by atoms with Crippen LogP contribution in [0.1, 0.15) is 5.56 Å². The van der Waals surface area contributed by atoms with E-state index in [0.717, 1.165) is 12.1 Å². The molecule has 0 saturated heterocycles. The van der Waals surface area contributed by atoms with Crippen molar-refractivity contribution in [3.8, 4) is 5.75 Å². The van der Waals surface area contributed by atoms with E-state index in [2.05, 4.69) is 4.74 Å². The van der Waals surface area contributed by atoms with E-state index in [4.69, 9.17) is 10.8 Å². The van der Waals surface area contributed by atoms with Gasteiger partial charge < -0.3 is 15.6 Å². The second-order valence-corrected chi connectivity index (χ2v) is 3.22.